The van der Waals surface area contributed by atoms with Gasteiger partial charge in [0.25, 0.3) is 0 Å². The predicted octanol–water partition coefficient (Wildman–Crippen LogP) is 9.81. The van der Waals surface area contributed by atoms with Crippen molar-refractivity contribution in [2.75, 3.05) is 4.90 Å². The van der Waals surface area contributed by atoms with Crippen LogP contribution in [0.15, 0.2) is 145 Å². The van der Waals surface area contributed by atoms with Crippen LogP contribution in [0.2, 0.25) is 0 Å². The molecule has 3 nitrogen and oxygen atoms in total. The Morgan fingerprint density at radius 2 is 1.00 bits per heavy atom. The average Bonchev–Trinajstić information content (AvgIpc) is 3.22. The quantitative estimate of drug-likeness (QED) is 0.164. The van der Waals surface area contributed by atoms with Crippen LogP contribution in [0.1, 0.15) is 34.6 Å². The van der Waals surface area contributed by atoms with Crippen LogP contribution in [0.3, 0.4) is 0 Å². The van der Waals surface area contributed by atoms with Crippen LogP contribution in [0.5, 0.6) is 0 Å². The summed E-state index contributed by atoms with van der Waals surface area (Å²) in [7, 11) is -0.488. The third-order valence-electron chi connectivity index (χ3n) is 8.04. The van der Waals surface area contributed by atoms with Gasteiger partial charge < -0.3 is 14.2 Å². The first-order valence-corrected chi connectivity index (χ1v) is 14.2. The van der Waals surface area contributed by atoms with E-state index in [0.29, 0.717) is 0 Å². The topological polar surface area (TPSA) is 21.7 Å². The molecule has 1 aliphatic rings. The maximum Gasteiger partial charge on any atom is 0.494 e. The van der Waals surface area contributed by atoms with Gasteiger partial charge in [0.05, 0.1) is 11.2 Å². The van der Waals surface area contributed by atoms with E-state index >= 15 is 0 Å². The Kier molecular flexibility index (Phi) is 8.16. The average molecular weight is 540 g/mol. The molecule has 4 aromatic carbocycles. The molecule has 0 saturated carbocycles. The summed E-state index contributed by atoms with van der Waals surface area (Å²) in [6.45, 7) is 14.6. The third kappa shape index (κ3) is 6.14. The van der Waals surface area contributed by atoms with Gasteiger partial charge in [-0.1, -0.05) is 104 Å². The largest absolute Gasteiger partial charge is 0.494 e. The van der Waals surface area contributed by atoms with Crippen LogP contribution < -0.4 is 4.90 Å². The van der Waals surface area contributed by atoms with E-state index in [0.717, 1.165) is 22.5 Å². The van der Waals surface area contributed by atoms with Gasteiger partial charge in [-0.15, -0.1) is 0 Å². The molecule has 4 aromatic rings. The minimum absolute atomic E-state index is 0.412. The molecule has 1 fully saturated rings. The van der Waals surface area contributed by atoms with Gasteiger partial charge in [-0.05, 0) is 92.7 Å². The Labute approximate surface area is 245 Å². The van der Waals surface area contributed by atoms with Crippen LogP contribution in [-0.2, 0) is 9.31 Å². The molecule has 4 heteroatoms. The fourth-order valence-corrected chi connectivity index (χ4v) is 4.88. The summed E-state index contributed by atoms with van der Waals surface area (Å²) < 4.78 is 12.5. The fraction of sp³-hybridized carbons (Fsp3) is 0.189. The first-order valence-electron chi connectivity index (χ1n) is 14.2. The second kappa shape index (κ2) is 11.8. The minimum atomic E-state index is -0.488. The van der Waals surface area contributed by atoms with Crippen molar-refractivity contribution in [1.29, 1.82) is 0 Å². The van der Waals surface area contributed by atoms with Crippen molar-refractivity contribution < 1.29 is 9.31 Å². The van der Waals surface area contributed by atoms with Gasteiger partial charge in [0.1, 0.15) is 0 Å². The van der Waals surface area contributed by atoms with Crippen molar-refractivity contribution in [2.24, 2.45) is 0 Å². The number of hydrogen-bond donors (Lipinski definition) is 0. The highest BCUT2D eigenvalue weighted by molar-refractivity contribution is 6.55. The predicted molar refractivity (Wildman–Crippen MR) is 174 cm³/mol. The summed E-state index contributed by atoms with van der Waals surface area (Å²) in [4.78, 5) is 2.26. The summed E-state index contributed by atoms with van der Waals surface area (Å²) in [5.74, 6) is 0. The van der Waals surface area contributed by atoms with Gasteiger partial charge in [0.2, 0.25) is 0 Å². The zero-order valence-electron chi connectivity index (χ0n) is 24.7. The van der Waals surface area contributed by atoms with Crippen molar-refractivity contribution in [3.05, 3.63) is 145 Å². The van der Waals surface area contributed by atoms with E-state index < -0.39 is 18.3 Å². The van der Waals surface area contributed by atoms with Crippen molar-refractivity contribution in [3.8, 4) is 22.3 Å². The van der Waals surface area contributed by atoms with E-state index in [1.165, 1.54) is 22.3 Å². The van der Waals surface area contributed by atoms with Gasteiger partial charge in [-0.3, -0.25) is 0 Å². The molecule has 0 amide bonds. The third-order valence-corrected chi connectivity index (χ3v) is 8.04. The zero-order valence-corrected chi connectivity index (χ0v) is 24.7. The van der Waals surface area contributed by atoms with E-state index in [-0.39, 0.29) is 0 Å². The van der Waals surface area contributed by atoms with E-state index in [1.54, 1.807) is 0 Å². The molecule has 0 unspecified atom stereocenters. The van der Waals surface area contributed by atoms with E-state index in [4.69, 9.17) is 9.31 Å². The lowest BCUT2D eigenvalue weighted by molar-refractivity contribution is 0.00578. The normalized spacial score (nSPS) is 16.2. The lowest BCUT2D eigenvalue weighted by Crippen LogP contribution is -2.41. The number of benzene rings is 4. The van der Waals surface area contributed by atoms with E-state index in [2.05, 4.69) is 155 Å². The second-order valence-electron chi connectivity index (χ2n) is 11.4. The van der Waals surface area contributed by atoms with Gasteiger partial charge >= 0.3 is 7.12 Å². The molecule has 0 spiro atoms. The first-order chi connectivity index (χ1) is 19.7. The fourth-order valence-electron chi connectivity index (χ4n) is 4.88. The Morgan fingerprint density at radius 1 is 0.610 bits per heavy atom. The van der Waals surface area contributed by atoms with Crippen LogP contribution in [0, 0.1) is 0 Å². The summed E-state index contributed by atoms with van der Waals surface area (Å²) in [6.07, 6.45) is 6.20. The lowest BCUT2D eigenvalue weighted by atomic mass is 9.79. The summed E-state index contributed by atoms with van der Waals surface area (Å²) >= 11 is 0. The number of anilines is 2. The molecule has 1 heterocycles. The Bertz CT molecular complexity index is 1440. The number of hydrogen-bond acceptors (Lipinski definition) is 3. The molecule has 0 aliphatic carbocycles. The summed E-state index contributed by atoms with van der Waals surface area (Å²) in [5.41, 5.74) is 7.86. The van der Waals surface area contributed by atoms with Crippen molar-refractivity contribution in [3.63, 3.8) is 0 Å². The van der Waals surface area contributed by atoms with Crippen LogP contribution in [0.25, 0.3) is 22.3 Å². The molecule has 1 saturated heterocycles. The van der Waals surface area contributed by atoms with Gasteiger partial charge in [0, 0.05) is 17.1 Å². The van der Waals surface area contributed by atoms with Crippen LogP contribution in [-0.4, -0.2) is 18.3 Å². The molecular formula is C37H38BNO2. The Hall–Kier alpha value is -4.12. The van der Waals surface area contributed by atoms with Gasteiger partial charge in [-0.2, -0.15) is 0 Å². The molecule has 41 heavy (non-hydrogen) atoms. The smallest absolute Gasteiger partial charge is 0.399 e. The highest BCUT2D eigenvalue weighted by atomic mass is 16.7. The van der Waals surface area contributed by atoms with Crippen LogP contribution >= 0.6 is 0 Å². The molecule has 5 rings (SSSR count). The Morgan fingerprint density at radius 3 is 1.39 bits per heavy atom. The van der Waals surface area contributed by atoms with Crippen molar-refractivity contribution >= 4 is 18.5 Å². The molecule has 0 bridgehead atoms. The SMILES string of the molecule is C=C(/C=C\C(=C/C)N(c1ccc(-c2ccccc2)cc1)c1ccc(-c2ccccc2)cc1)B1OC(C)(C)C(C)(C)O1. The second-order valence-corrected chi connectivity index (χ2v) is 11.4. The van der Waals surface area contributed by atoms with Crippen LogP contribution in [0.4, 0.5) is 11.4 Å². The molecule has 1 aliphatic heterocycles. The van der Waals surface area contributed by atoms with Crippen molar-refractivity contribution in [2.45, 2.75) is 45.8 Å². The lowest BCUT2D eigenvalue weighted by Gasteiger charge is -2.32. The number of rotatable bonds is 8. The monoisotopic (exact) mass is 539 g/mol. The molecule has 0 atom stereocenters. The molecule has 0 N–H and O–H groups in total. The number of nitrogens with zero attached hydrogens (tertiary/aromatic N) is 1. The molecule has 206 valence electrons. The summed E-state index contributed by atoms with van der Waals surface area (Å²) in [5, 5.41) is 0. The Balaban J connectivity index is 1.47. The summed E-state index contributed by atoms with van der Waals surface area (Å²) in [6, 6.07) is 38.3. The minimum Gasteiger partial charge on any atom is -0.399 e. The highest BCUT2D eigenvalue weighted by Gasteiger charge is 2.51. The maximum absolute atomic E-state index is 6.23. The van der Waals surface area contributed by atoms with Gasteiger partial charge in [0.15, 0.2) is 0 Å². The van der Waals surface area contributed by atoms with Gasteiger partial charge in [-0.25, -0.2) is 0 Å². The standard InChI is InChI=1S/C37H38BNO2/c1-7-33(23-18-28(2)38-40-36(3,4)37(5,6)41-38)39(34-24-19-31(20-25-34)29-14-10-8-11-15-29)35-26-21-32(22-27-35)30-16-12-9-13-17-30/h7-27H,2H2,1,3-6H3/b23-18-,33-7+. The van der Waals surface area contributed by atoms with Crippen molar-refractivity contribution in [1.82, 2.24) is 0 Å². The first kappa shape index (κ1) is 28.4. The van der Waals surface area contributed by atoms with E-state index in [9.17, 15) is 0 Å². The molecule has 0 radical (unpaired) electrons. The maximum atomic E-state index is 6.23. The highest BCUT2D eigenvalue weighted by Crippen LogP contribution is 2.39. The molecular weight excluding hydrogens is 501 g/mol. The number of allylic oxidation sites excluding steroid dienone is 4. The zero-order chi connectivity index (χ0) is 29.0. The van der Waals surface area contributed by atoms with E-state index in [1.807, 2.05) is 18.2 Å². The molecule has 0 aromatic heterocycles.